The van der Waals surface area contributed by atoms with E-state index in [9.17, 15) is 14.4 Å². The van der Waals surface area contributed by atoms with Crippen molar-refractivity contribution in [2.75, 3.05) is 31.1 Å². The van der Waals surface area contributed by atoms with Gasteiger partial charge in [-0.3, -0.25) is 18.7 Å². The van der Waals surface area contributed by atoms with E-state index in [0.717, 1.165) is 21.6 Å². The third-order valence-electron chi connectivity index (χ3n) is 6.04. The molecule has 0 bridgehead atoms. The maximum atomic E-state index is 13.0. The summed E-state index contributed by atoms with van der Waals surface area (Å²) in [6, 6.07) is 13.3. The summed E-state index contributed by atoms with van der Waals surface area (Å²) in [5.41, 5.74) is 3.31. The maximum absolute atomic E-state index is 13.0. The minimum atomic E-state index is -0.353. The molecular weight excluding hydrogens is 394 g/mol. The Balaban J connectivity index is 1.47. The lowest BCUT2D eigenvalue weighted by Gasteiger charge is -2.36. The van der Waals surface area contributed by atoms with Crippen LogP contribution >= 0.6 is 0 Å². The topological polar surface area (TPSA) is 72.5 Å². The van der Waals surface area contributed by atoms with Gasteiger partial charge in [0.1, 0.15) is 5.82 Å². The first-order valence-electron chi connectivity index (χ1n) is 10.3. The van der Waals surface area contributed by atoms with E-state index in [0.29, 0.717) is 37.6 Å². The molecule has 0 unspecified atom stereocenters. The molecule has 0 atom stereocenters. The van der Waals surface area contributed by atoms with Gasteiger partial charge >= 0.3 is 5.69 Å². The van der Waals surface area contributed by atoms with Gasteiger partial charge in [-0.1, -0.05) is 0 Å². The molecule has 1 saturated heterocycles. The number of hydrogen-bond acceptors (Lipinski definition) is 4. The number of benzene rings is 1. The normalized spacial score (nSPS) is 14.2. The number of amides is 1. The summed E-state index contributed by atoms with van der Waals surface area (Å²) in [6.45, 7) is 6.30. The minimum Gasteiger partial charge on any atom is -0.354 e. The molecule has 31 heavy (non-hydrogen) atoms. The second kappa shape index (κ2) is 7.94. The largest absolute Gasteiger partial charge is 0.354 e. The quantitative estimate of drug-likeness (QED) is 0.642. The van der Waals surface area contributed by atoms with E-state index >= 15 is 0 Å². The van der Waals surface area contributed by atoms with Crippen LogP contribution in [0.4, 0.5) is 5.82 Å². The number of anilines is 1. The van der Waals surface area contributed by atoms with E-state index in [1.54, 1.807) is 7.05 Å². The fourth-order valence-electron chi connectivity index (χ4n) is 4.17. The van der Waals surface area contributed by atoms with E-state index in [1.807, 2.05) is 34.1 Å². The Morgan fingerprint density at radius 1 is 0.806 bits per heavy atom. The predicted octanol–water partition coefficient (Wildman–Crippen LogP) is 1.45. The van der Waals surface area contributed by atoms with Crippen LogP contribution in [0.25, 0.3) is 5.69 Å². The van der Waals surface area contributed by atoms with Crippen LogP contribution in [0.15, 0.2) is 52.1 Å². The van der Waals surface area contributed by atoms with Crippen molar-refractivity contribution in [2.24, 2.45) is 14.1 Å². The highest BCUT2D eigenvalue weighted by molar-refractivity contribution is 5.94. The highest BCUT2D eigenvalue weighted by Crippen LogP contribution is 2.19. The molecule has 2 aromatic heterocycles. The van der Waals surface area contributed by atoms with Gasteiger partial charge in [-0.05, 0) is 50.2 Å². The maximum Gasteiger partial charge on any atom is 0.332 e. The molecular formula is C23H27N5O3. The van der Waals surface area contributed by atoms with Crippen molar-refractivity contribution in [2.45, 2.75) is 13.8 Å². The van der Waals surface area contributed by atoms with Crippen LogP contribution in [0.2, 0.25) is 0 Å². The van der Waals surface area contributed by atoms with Gasteiger partial charge in [-0.25, -0.2) is 4.79 Å². The standard InChI is InChI=1S/C23H27N5O3/c1-16-5-6-17(2)28(16)19-9-7-18(8-10-19)22(30)27-13-11-26(12-14-27)20-15-21(29)25(4)23(31)24(20)3/h5-10,15H,11-14H2,1-4H3. The van der Waals surface area contributed by atoms with Gasteiger partial charge in [-0.2, -0.15) is 0 Å². The van der Waals surface area contributed by atoms with Crippen molar-refractivity contribution in [3.05, 3.63) is 80.3 Å². The van der Waals surface area contributed by atoms with Crippen LogP contribution in [0.3, 0.4) is 0 Å². The third-order valence-corrected chi connectivity index (χ3v) is 6.04. The lowest BCUT2D eigenvalue weighted by molar-refractivity contribution is 0.0746. The zero-order valence-electron chi connectivity index (χ0n) is 18.3. The van der Waals surface area contributed by atoms with Crippen molar-refractivity contribution in [1.29, 1.82) is 0 Å². The van der Waals surface area contributed by atoms with Crippen LogP contribution in [-0.2, 0) is 14.1 Å². The Kier molecular flexibility index (Phi) is 5.31. The summed E-state index contributed by atoms with van der Waals surface area (Å²) >= 11 is 0. The highest BCUT2D eigenvalue weighted by atomic mass is 16.2. The van der Waals surface area contributed by atoms with Gasteiger partial charge in [0.15, 0.2) is 0 Å². The van der Waals surface area contributed by atoms with Gasteiger partial charge in [-0.15, -0.1) is 0 Å². The smallest absolute Gasteiger partial charge is 0.332 e. The number of carbonyl (C=O) groups is 1. The third kappa shape index (κ3) is 3.69. The molecule has 3 aromatic rings. The Morgan fingerprint density at radius 3 is 1.97 bits per heavy atom. The molecule has 0 N–H and O–H groups in total. The van der Waals surface area contributed by atoms with Crippen molar-refractivity contribution >= 4 is 11.7 Å². The molecule has 1 fully saturated rings. The van der Waals surface area contributed by atoms with Crippen LogP contribution in [0.1, 0.15) is 21.7 Å². The van der Waals surface area contributed by atoms with Gasteiger partial charge < -0.3 is 14.4 Å². The Hall–Kier alpha value is -3.55. The fraction of sp³-hybridized carbons (Fsp3) is 0.348. The predicted molar refractivity (Wildman–Crippen MR) is 120 cm³/mol. The van der Waals surface area contributed by atoms with E-state index in [-0.39, 0.29) is 17.2 Å². The average Bonchev–Trinajstić information content (AvgIpc) is 3.12. The van der Waals surface area contributed by atoms with Crippen molar-refractivity contribution < 1.29 is 4.79 Å². The Morgan fingerprint density at radius 2 is 1.39 bits per heavy atom. The summed E-state index contributed by atoms with van der Waals surface area (Å²) in [6.07, 6.45) is 0. The van der Waals surface area contributed by atoms with Gasteiger partial charge in [0.25, 0.3) is 11.5 Å². The molecule has 0 saturated carbocycles. The first-order valence-corrected chi connectivity index (χ1v) is 10.3. The monoisotopic (exact) mass is 421 g/mol. The minimum absolute atomic E-state index is 0.00925. The molecule has 3 heterocycles. The van der Waals surface area contributed by atoms with Crippen LogP contribution < -0.4 is 16.1 Å². The van der Waals surface area contributed by atoms with Crippen molar-refractivity contribution in [3.8, 4) is 5.69 Å². The first-order chi connectivity index (χ1) is 14.8. The summed E-state index contributed by atoms with van der Waals surface area (Å²) in [7, 11) is 3.12. The van der Waals surface area contributed by atoms with Crippen LogP contribution in [0, 0.1) is 13.8 Å². The van der Waals surface area contributed by atoms with Gasteiger partial charge in [0.05, 0.1) is 0 Å². The highest BCUT2D eigenvalue weighted by Gasteiger charge is 2.24. The van der Waals surface area contributed by atoms with Gasteiger partial charge in [0.2, 0.25) is 0 Å². The summed E-state index contributed by atoms with van der Waals surface area (Å²) in [5.74, 6) is 0.576. The molecule has 0 spiro atoms. The summed E-state index contributed by atoms with van der Waals surface area (Å²) in [5, 5.41) is 0. The lowest BCUT2D eigenvalue weighted by Crippen LogP contribution is -2.51. The summed E-state index contributed by atoms with van der Waals surface area (Å²) < 4.78 is 4.72. The van der Waals surface area contributed by atoms with Crippen LogP contribution in [0.5, 0.6) is 0 Å². The number of nitrogens with zero attached hydrogens (tertiary/aromatic N) is 5. The molecule has 0 radical (unpaired) electrons. The number of piperazine rings is 1. The average molecular weight is 422 g/mol. The van der Waals surface area contributed by atoms with Crippen LogP contribution in [-0.4, -0.2) is 50.7 Å². The van der Waals surface area contributed by atoms with Gasteiger partial charge in [0, 0.05) is 69.0 Å². The second-order valence-electron chi connectivity index (χ2n) is 8.02. The van der Waals surface area contributed by atoms with E-state index in [1.165, 1.54) is 17.7 Å². The molecule has 8 nitrogen and oxygen atoms in total. The molecule has 1 aliphatic rings. The van der Waals surface area contributed by atoms with E-state index in [2.05, 4.69) is 30.5 Å². The van der Waals surface area contributed by atoms with Crippen molar-refractivity contribution in [1.82, 2.24) is 18.6 Å². The zero-order valence-corrected chi connectivity index (χ0v) is 18.3. The molecule has 0 aliphatic carbocycles. The SMILES string of the molecule is Cc1ccc(C)n1-c1ccc(C(=O)N2CCN(c3cc(=O)n(C)c(=O)n3C)CC2)cc1. The lowest BCUT2D eigenvalue weighted by atomic mass is 10.1. The Bertz CT molecular complexity index is 1220. The number of aryl methyl sites for hydroxylation is 2. The second-order valence-corrected chi connectivity index (χ2v) is 8.02. The molecule has 8 heteroatoms. The fourth-order valence-corrected chi connectivity index (χ4v) is 4.17. The number of hydrogen-bond donors (Lipinski definition) is 0. The molecule has 1 aromatic carbocycles. The number of aromatic nitrogens is 3. The number of rotatable bonds is 3. The summed E-state index contributed by atoms with van der Waals surface area (Å²) in [4.78, 5) is 41.0. The van der Waals surface area contributed by atoms with Crippen molar-refractivity contribution in [3.63, 3.8) is 0 Å². The zero-order chi connectivity index (χ0) is 22.3. The molecule has 1 aliphatic heterocycles. The molecule has 1 amide bonds. The Labute approximate surface area is 180 Å². The molecule has 162 valence electrons. The van der Waals surface area contributed by atoms with E-state index in [4.69, 9.17) is 0 Å². The van der Waals surface area contributed by atoms with E-state index < -0.39 is 0 Å². The first kappa shape index (κ1) is 20.7. The number of carbonyl (C=O) groups excluding carboxylic acids is 1. The molecule has 4 rings (SSSR count).